The first kappa shape index (κ1) is 30.5. The Morgan fingerprint density at radius 1 is 0.878 bits per heavy atom. The molecular weight excluding hydrogens is 506 g/mol. The molecule has 1 heterocycles. The van der Waals surface area contributed by atoms with E-state index in [4.69, 9.17) is 0 Å². The summed E-state index contributed by atoms with van der Waals surface area (Å²) in [4.78, 5) is 21.4. The van der Waals surface area contributed by atoms with Crippen LogP contribution in [-0.4, -0.2) is 58.1 Å². The van der Waals surface area contributed by atoms with Crippen molar-refractivity contribution in [3.8, 4) is 0 Å². The summed E-state index contributed by atoms with van der Waals surface area (Å²) in [6.07, 6.45) is 2.88. The summed E-state index contributed by atoms with van der Waals surface area (Å²) in [5.41, 5.74) is 5.95. The first-order valence-corrected chi connectivity index (χ1v) is 14.9. The highest BCUT2D eigenvalue weighted by molar-refractivity contribution is 5.83. The fraction of sp³-hybridized carbons (Fsp3) is 0.417. The Hall–Kier alpha value is -3.41. The van der Waals surface area contributed by atoms with Gasteiger partial charge in [0.25, 0.3) is 0 Å². The largest absolute Gasteiger partial charge is 0.391 e. The summed E-state index contributed by atoms with van der Waals surface area (Å²) < 4.78 is 0. The highest BCUT2D eigenvalue weighted by Gasteiger charge is 2.22. The number of amides is 1. The molecule has 0 spiro atoms. The number of hydrogen-bond acceptors (Lipinski definition) is 3. The van der Waals surface area contributed by atoms with Crippen LogP contribution in [-0.2, 0) is 29.6 Å². The summed E-state index contributed by atoms with van der Waals surface area (Å²) >= 11 is 0. The van der Waals surface area contributed by atoms with Crippen molar-refractivity contribution >= 4 is 16.8 Å². The molecule has 0 saturated carbocycles. The van der Waals surface area contributed by atoms with Crippen molar-refractivity contribution in [3.05, 3.63) is 107 Å². The van der Waals surface area contributed by atoms with Gasteiger partial charge in [-0.15, -0.1) is 0 Å². The molecule has 0 saturated heterocycles. The highest BCUT2D eigenvalue weighted by Crippen LogP contribution is 2.23. The fourth-order valence-corrected chi connectivity index (χ4v) is 5.48. The fourth-order valence-electron chi connectivity index (χ4n) is 5.48. The van der Waals surface area contributed by atoms with Gasteiger partial charge < -0.3 is 15.0 Å². The summed E-state index contributed by atoms with van der Waals surface area (Å²) in [5, 5.41) is 12.1. The lowest BCUT2D eigenvalue weighted by atomic mass is 9.87. The molecule has 2 N–H and O–H groups in total. The van der Waals surface area contributed by atoms with E-state index in [1.54, 1.807) is 0 Å². The zero-order valence-electron chi connectivity index (χ0n) is 25.4. The number of aliphatic hydroxyl groups is 1. The first-order chi connectivity index (χ1) is 19.6. The maximum absolute atomic E-state index is 13.9. The van der Waals surface area contributed by atoms with Crippen molar-refractivity contribution < 1.29 is 9.90 Å². The third-order valence-electron chi connectivity index (χ3n) is 7.64. The number of nitrogens with zero attached hydrogens (tertiary/aromatic N) is 2. The van der Waals surface area contributed by atoms with E-state index in [0.717, 1.165) is 29.6 Å². The van der Waals surface area contributed by atoms with Crippen LogP contribution in [0, 0.1) is 5.92 Å². The van der Waals surface area contributed by atoms with Crippen LogP contribution in [0.4, 0.5) is 0 Å². The topological polar surface area (TPSA) is 59.6 Å². The van der Waals surface area contributed by atoms with Gasteiger partial charge in [-0.2, -0.15) is 0 Å². The van der Waals surface area contributed by atoms with E-state index >= 15 is 0 Å². The van der Waals surface area contributed by atoms with Crippen LogP contribution in [0.5, 0.6) is 0 Å². The van der Waals surface area contributed by atoms with Gasteiger partial charge in [0.2, 0.25) is 5.91 Å². The van der Waals surface area contributed by atoms with Gasteiger partial charge in [-0.3, -0.25) is 9.69 Å². The summed E-state index contributed by atoms with van der Waals surface area (Å²) in [5.74, 6) is 0.480. The lowest BCUT2D eigenvalue weighted by molar-refractivity contribution is -0.133. The van der Waals surface area contributed by atoms with Gasteiger partial charge in [0, 0.05) is 43.3 Å². The normalized spacial score (nSPS) is 12.8. The second-order valence-electron chi connectivity index (χ2n) is 12.8. The Morgan fingerprint density at radius 2 is 1.56 bits per heavy atom. The minimum Gasteiger partial charge on any atom is -0.391 e. The first-order valence-electron chi connectivity index (χ1n) is 14.9. The Kier molecular flexibility index (Phi) is 10.4. The Bertz CT molecular complexity index is 1370. The van der Waals surface area contributed by atoms with Crippen LogP contribution < -0.4 is 0 Å². The van der Waals surface area contributed by atoms with E-state index in [0.29, 0.717) is 32.0 Å². The zero-order chi connectivity index (χ0) is 29.4. The van der Waals surface area contributed by atoms with Crippen LogP contribution in [0.15, 0.2) is 85.1 Å². The molecule has 1 aromatic heterocycles. The van der Waals surface area contributed by atoms with Gasteiger partial charge in [0.1, 0.15) is 0 Å². The molecule has 0 radical (unpaired) electrons. The third-order valence-corrected chi connectivity index (χ3v) is 7.64. The molecule has 0 aliphatic carbocycles. The van der Waals surface area contributed by atoms with Gasteiger partial charge in [-0.1, -0.05) is 107 Å². The number of carbonyl (C=O) groups excluding carboxylic acids is 1. The third kappa shape index (κ3) is 9.04. The minimum absolute atomic E-state index is 0.0846. The van der Waals surface area contributed by atoms with Crippen LogP contribution in [0.25, 0.3) is 10.9 Å². The zero-order valence-corrected chi connectivity index (χ0v) is 25.4. The van der Waals surface area contributed by atoms with E-state index in [1.807, 2.05) is 41.3 Å². The minimum atomic E-state index is -0.534. The van der Waals surface area contributed by atoms with Crippen molar-refractivity contribution in [3.63, 3.8) is 0 Å². The Balaban J connectivity index is 1.49. The second kappa shape index (κ2) is 14.0. The van der Waals surface area contributed by atoms with Crippen LogP contribution in [0.1, 0.15) is 56.9 Å². The molecule has 0 aliphatic heterocycles. The summed E-state index contributed by atoms with van der Waals surface area (Å²) in [6.45, 7) is 13.7. The van der Waals surface area contributed by atoms with E-state index < -0.39 is 6.10 Å². The van der Waals surface area contributed by atoms with Crippen LogP contribution >= 0.6 is 0 Å². The Morgan fingerprint density at radius 3 is 2.24 bits per heavy atom. The lowest BCUT2D eigenvalue weighted by Gasteiger charge is -2.30. The highest BCUT2D eigenvalue weighted by atomic mass is 16.3. The SMILES string of the molecule is CC(C)CN(CC(=O)N(CCc1c[nH]c2ccccc12)Cc1ccc(C(C)(C)C)cc1)C[C@H](O)Cc1ccccc1. The molecular formula is C36H47N3O2. The van der Waals surface area contributed by atoms with E-state index in [9.17, 15) is 9.90 Å². The molecule has 4 aromatic rings. The molecule has 5 heteroatoms. The van der Waals surface area contributed by atoms with Gasteiger partial charge in [-0.05, 0) is 52.5 Å². The van der Waals surface area contributed by atoms with Gasteiger partial charge in [-0.25, -0.2) is 0 Å². The molecule has 0 unspecified atom stereocenters. The molecule has 218 valence electrons. The van der Waals surface area contributed by atoms with Gasteiger partial charge in [0.15, 0.2) is 0 Å². The number of rotatable bonds is 13. The van der Waals surface area contributed by atoms with Gasteiger partial charge >= 0.3 is 0 Å². The molecule has 41 heavy (non-hydrogen) atoms. The molecule has 5 nitrogen and oxygen atoms in total. The van der Waals surface area contributed by atoms with Crippen molar-refractivity contribution in [1.29, 1.82) is 0 Å². The molecule has 1 atom stereocenters. The van der Waals surface area contributed by atoms with E-state index in [2.05, 4.69) is 93.2 Å². The van der Waals surface area contributed by atoms with Crippen molar-refractivity contribution in [2.24, 2.45) is 5.92 Å². The maximum atomic E-state index is 13.9. The van der Waals surface area contributed by atoms with E-state index in [1.165, 1.54) is 16.5 Å². The quantitative estimate of drug-likeness (QED) is 0.196. The second-order valence-corrected chi connectivity index (χ2v) is 12.8. The molecule has 3 aromatic carbocycles. The average molecular weight is 554 g/mol. The van der Waals surface area contributed by atoms with E-state index in [-0.39, 0.29) is 17.9 Å². The number of H-pyrrole nitrogens is 1. The number of hydrogen-bond donors (Lipinski definition) is 2. The number of aliphatic hydroxyl groups excluding tert-OH is 1. The average Bonchev–Trinajstić information content (AvgIpc) is 3.34. The maximum Gasteiger partial charge on any atom is 0.237 e. The van der Waals surface area contributed by atoms with Crippen molar-refractivity contribution in [1.82, 2.24) is 14.8 Å². The number of nitrogens with one attached hydrogen (secondary N) is 1. The molecule has 0 bridgehead atoms. The monoisotopic (exact) mass is 553 g/mol. The number of para-hydroxylation sites is 1. The number of aromatic nitrogens is 1. The van der Waals surface area contributed by atoms with Crippen LogP contribution in [0.3, 0.4) is 0 Å². The number of benzene rings is 3. The lowest BCUT2D eigenvalue weighted by Crippen LogP contribution is -2.45. The predicted molar refractivity (Wildman–Crippen MR) is 170 cm³/mol. The van der Waals surface area contributed by atoms with Crippen molar-refractivity contribution in [2.45, 2.75) is 65.5 Å². The number of fused-ring (bicyclic) bond motifs is 1. The smallest absolute Gasteiger partial charge is 0.237 e. The summed E-state index contributed by atoms with van der Waals surface area (Å²) in [7, 11) is 0. The van der Waals surface area contributed by atoms with Crippen LogP contribution in [0.2, 0.25) is 0 Å². The van der Waals surface area contributed by atoms with Crippen molar-refractivity contribution in [2.75, 3.05) is 26.2 Å². The standard InChI is InChI=1S/C36H47N3O2/c1-27(2)23-38(25-32(40)21-28-11-7-6-8-12-28)26-35(41)39(24-29-15-17-31(18-16-29)36(3,4)5)20-19-30-22-37-34-14-10-9-13-33(30)34/h6-18,22,27,32,37,40H,19-21,23-26H2,1-5H3/t32-/m1/s1. The molecule has 4 rings (SSSR count). The van der Waals surface area contributed by atoms with Gasteiger partial charge in [0.05, 0.1) is 12.6 Å². The molecule has 0 fully saturated rings. The number of carbonyl (C=O) groups is 1. The molecule has 0 aliphatic rings. The molecule has 1 amide bonds. The summed E-state index contributed by atoms with van der Waals surface area (Å²) in [6, 6.07) is 27.1. The Labute approximate surface area is 246 Å². The number of aromatic amines is 1. The predicted octanol–water partition coefficient (Wildman–Crippen LogP) is 6.60.